The molecule has 2 aromatic rings. The van der Waals surface area contributed by atoms with Crippen LogP contribution < -0.4 is 9.46 Å². The third kappa shape index (κ3) is 5.82. The first-order chi connectivity index (χ1) is 12.3. The molecule has 0 unspecified atom stereocenters. The van der Waals surface area contributed by atoms with Gasteiger partial charge in [-0.05, 0) is 56.5 Å². The van der Waals surface area contributed by atoms with Crippen molar-refractivity contribution in [2.24, 2.45) is 0 Å². The monoisotopic (exact) mass is 378 g/mol. The van der Waals surface area contributed by atoms with Crippen molar-refractivity contribution in [3.63, 3.8) is 0 Å². The highest BCUT2D eigenvalue weighted by atomic mass is 32.2. The van der Waals surface area contributed by atoms with E-state index in [1.807, 2.05) is 38.1 Å². The normalized spacial score (nSPS) is 11.5. The Balaban J connectivity index is 1.83. The van der Waals surface area contributed by atoms with Crippen LogP contribution in [0.1, 0.15) is 25.8 Å². The highest BCUT2D eigenvalue weighted by Crippen LogP contribution is 2.16. The quantitative estimate of drug-likeness (QED) is 0.410. The first-order valence-corrected chi connectivity index (χ1v) is 9.76. The average Bonchev–Trinajstić information content (AvgIpc) is 2.60. The highest BCUT2D eigenvalue weighted by Gasteiger charge is 2.15. The molecule has 0 saturated carbocycles. The molecule has 2 rings (SSSR count). The van der Waals surface area contributed by atoms with Gasteiger partial charge in [0.05, 0.1) is 15.9 Å². The maximum absolute atomic E-state index is 12.2. The van der Waals surface area contributed by atoms with E-state index >= 15 is 0 Å². The van der Waals surface area contributed by atoms with Crippen LogP contribution in [0.15, 0.2) is 53.4 Å². The van der Waals surface area contributed by atoms with E-state index in [2.05, 4.69) is 4.72 Å². The number of rotatable bonds is 9. The lowest BCUT2D eigenvalue weighted by Gasteiger charge is -2.10. The van der Waals surface area contributed by atoms with Gasteiger partial charge in [0.25, 0.3) is 5.69 Å². The van der Waals surface area contributed by atoms with Gasteiger partial charge >= 0.3 is 0 Å². The minimum absolute atomic E-state index is 0.0123. The summed E-state index contributed by atoms with van der Waals surface area (Å²) in [6.07, 6.45) is 1.48. The summed E-state index contributed by atoms with van der Waals surface area (Å²) < 4.78 is 32.4. The van der Waals surface area contributed by atoms with Gasteiger partial charge in [-0.2, -0.15) is 0 Å². The standard InChI is InChI=1S/C18H22N2O5S/c1-14(2)25-17-9-5-15(6-10-17)4-3-13-19-26(23,24)18-11-7-16(8-12-18)20(21)22/h5-12,14,19H,3-4,13H2,1-2H3. The van der Waals surface area contributed by atoms with Gasteiger partial charge in [0.2, 0.25) is 10.0 Å². The van der Waals surface area contributed by atoms with E-state index in [1.54, 1.807) is 0 Å². The third-order valence-corrected chi connectivity index (χ3v) is 5.06. The van der Waals surface area contributed by atoms with Gasteiger partial charge in [0.1, 0.15) is 5.75 Å². The molecule has 0 radical (unpaired) electrons. The summed E-state index contributed by atoms with van der Waals surface area (Å²) in [7, 11) is -3.67. The van der Waals surface area contributed by atoms with E-state index in [0.29, 0.717) is 6.42 Å². The number of sulfonamides is 1. The predicted octanol–water partition coefficient (Wildman–Crippen LogP) is 3.29. The van der Waals surface area contributed by atoms with Crippen LogP contribution >= 0.6 is 0 Å². The fourth-order valence-corrected chi connectivity index (χ4v) is 3.41. The van der Waals surface area contributed by atoms with E-state index in [-0.39, 0.29) is 23.2 Å². The average molecular weight is 378 g/mol. The van der Waals surface area contributed by atoms with Gasteiger partial charge in [0, 0.05) is 18.7 Å². The largest absolute Gasteiger partial charge is 0.491 e. The smallest absolute Gasteiger partial charge is 0.269 e. The lowest BCUT2D eigenvalue weighted by Crippen LogP contribution is -2.25. The molecule has 1 N–H and O–H groups in total. The van der Waals surface area contributed by atoms with Gasteiger partial charge in [-0.15, -0.1) is 0 Å². The van der Waals surface area contributed by atoms with Gasteiger partial charge in [-0.1, -0.05) is 12.1 Å². The van der Waals surface area contributed by atoms with Crippen LogP contribution in [0, 0.1) is 10.1 Å². The molecule has 0 aliphatic rings. The number of aryl methyl sites for hydroxylation is 1. The van der Waals surface area contributed by atoms with Crippen LogP contribution in [-0.4, -0.2) is 26.0 Å². The van der Waals surface area contributed by atoms with Gasteiger partial charge in [-0.25, -0.2) is 13.1 Å². The number of nitrogens with zero attached hydrogens (tertiary/aromatic N) is 1. The van der Waals surface area contributed by atoms with Crippen molar-refractivity contribution in [2.45, 2.75) is 37.7 Å². The maximum atomic E-state index is 12.2. The summed E-state index contributed by atoms with van der Waals surface area (Å²) in [5, 5.41) is 10.6. The topological polar surface area (TPSA) is 98.5 Å². The number of hydrogen-bond donors (Lipinski definition) is 1. The van der Waals surface area contributed by atoms with Crippen molar-refractivity contribution >= 4 is 15.7 Å². The van der Waals surface area contributed by atoms with Crippen LogP contribution in [0.3, 0.4) is 0 Å². The first-order valence-electron chi connectivity index (χ1n) is 8.27. The SMILES string of the molecule is CC(C)Oc1ccc(CCCNS(=O)(=O)c2ccc([N+](=O)[O-])cc2)cc1. The second kappa shape index (κ2) is 8.77. The minimum atomic E-state index is -3.67. The Labute approximate surface area is 153 Å². The van der Waals surface area contributed by atoms with Crippen molar-refractivity contribution in [3.05, 3.63) is 64.2 Å². The van der Waals surface area contributed by atoms with Crippen LogP contribution in [0.25, 0.3) is 0 Å². The Morgan fingerprint density at radius 2 is 1.69 bits per heavy atom. The van der Waals surface area contributed by atoms with Crippen molar-refractivity contribution in [2.75, 3.05) is 6.54 Å². The minimum Gasteiger partial charge on any atom is -0.491 e. The van der Waals surface area contributed by atoms with Gasteiger partial charge in [0.15, 0.2) is 0 Å². The Kier molecular flexibility index (Phi) is 6.70. The first kappa shape index (κ1) is 19.9. The molecule has 0 aromatic heterocycles. The molecule has 0 amide bonds. The molecule has 0 atom stereocenters. The molecule has 0 saturated heterocycles. The van der Waals surface area contributed by atoms with Crippen LogP contribution in [0.5, 0.6) is 5.75 Å². The molecule has 0 bridgehead atoms. The molecule has 0 aliphatic heterocycles. The number of non-ortho nitro benzene ring substituents is 1. The summed E-state index contributed by atoms with van der Waals surface area (Å²) in [5.74, 6) is 0.808. The molecule has 140 valence electrons. The molecule has 26 heavy (non-hydrogen) atoms. The molecule has 0 fully saturated rings. The summed E-state index contributed by atoms with van der Waals surface area (Å²) >= 11 is 0. The van der Waals surface area contributed by atoms with E-state index in [4.69, 9.17) is 4.74 Å². The zero-order valence-corrected chi connectivity index (χ0v) is 15.5. The molecular formula is C18H22N2O5S. The van der Waals surface area contributed by atoms with Crippen molar-refractivity contribution in [1.29, 1.82) is 0 Å². The number of nitro benzene ring substituents is 1. The Morgan fingerprint density at radius 3 is 2.23 bits per heavy atom. The number of hydrogen-bond acceptors (Lipinski definition) is 5. The summed E-state index contributed by atoms with van der Waals surface area (Å²) in [5.41, 5.74) is 0.949. The van der Waals surface area contributed by atoms with Gasteiger partial charge < -0.3 is 4.74 Å². The Bertz CT molecular complexity index is 831. The molecule has 7 nitrogen and oxygen atoms in total. The number of nitro groups is 1. The van der Waals surface area contributed by atoms with Gasteiger partial charge in [-0.3, -0.25) is 10.1 Å². The van der Waals surface area contributed by atoms with Crippen molar-refractivity contribution in [1.82, 2.24) is 4.72 Å². The molecule has 0 aliphatic carbocycles. The zero-order valence-electron chi connectivity index (χ0n) is 14.7. The molecular weight excluding hydrogens is 356 g/mol. The van der Waals surface area contributed by atoms with Crippen LogP contribution in [-0.2, 0) is 16.4 Å². The second-order valence-corrected chi connectivity index (χ2v) is 7.83. The van der Waals surface area contributed by atoms with E-state index in [9.17, 15) is 18.5 Å². The highest BCUT2D eigenvalue weighted by molar-refractivity contribution is 7.89. The summed E-state index contributed by atoms with van der Waals surface area (Å²) in [6, 6.07) is 12.5. The fraction of sp³-hybridized carbons (Fsp3) is 0.333. The van der Waals surface area contributed by atoms with E-state index < -0.39 is 14.9 Å². The third-order valence-electron chi connectivity index (χ3n) is 3.59. The second-order valence-electron chi connectivity index (χ2n) is 6.06. The molecule has 8 heteroatoms. The Morgan fingerprint density at radius 1 is 1.08 bits per heavy atom. The maximum Gasteiger partial charge on any atom is 0.269 e. The number of ether oxygens (including phenoxy) is 1. The van der Waals surface area contributed by atoms with E-state index in [1.165, 1.54) is 24.3 Å². The molecule has 2 aromatic carbocycles. The van der Waals surface area contributed by atoms with Crippen molar-refractivity contribution < 1.29 is 18.1 Å². The molecule has 0 heterocycles. The fourth-order valence-electron chi connectivity index (χ4n) is 2.34. The zero-order chi connectivity index (χ0) is 19.2. The van der Waals surface area contributed by atoms with Crippen molar-refractivity contribution in [3.8, 4) is 5.75 Å². The molecule has 0 spiro atoms. The van der Waals surface area contributed by atoms with Crippen LogP contribution in [0.4, 0.5) is 5.69 Å². The summed E-state index contributed by atoms with van der Waals surface area (Å²) in [4.78, 5) is 10.1. The lowest BCUT2D eigenvalue weighted by atomic mass is 10.1. The van der Waals surface area contributed by atoms with E-state index in [0.717, 1.165) is 17.7 Å². The lowest BCUT2D eigenvalue weighted by molar-refractivity contribution is -0.384. The number of nitrogens with one attached hydrogen (secondary N) is 1. The predicted molar refractivity (Wildman–Crippen MR) is 98.8 cm³/mol. The van der Waals surface area contributed by atoms with Crippen LogP contribution in [0.2, 0.25) is 0 Å². The Hall–Kier alpha value is -2.45. The summed E-state index contributed by atoms with van der Waals surface area (Å²) in [6.45, 7) is 4.21. The number of benzene rings is 2.